The summed E-state index contributed by atoms with van der Waals surface area (Å²) in [6.45, 7) is 0.726. The van der Waals surface area contributed by atoms with Crippen molar-refractivity contribution in [2.45, 2.75) is 6.54 Å². The molecule has 1 heterocycles. The molecule has 114 valence electrons. The van der Waals surface area contributed by atoms with E-state index in [0.717, 1.165) is 17.3 Å². The van der Waals surface area contributed by atoms with Crippen LogP contribution in [0, 0.1) is 0 Å². The zero-order valence-corrected chi connectivity index (χ0v) is 12.9. The van der Waals surface area contributed by atoms with Crippen LogP contribution in [0.15, 0.2) is 53.3 Å². The molecular formula is C16H16N2O3S. The first kappa shape index (κ1) is 14.7. The molecule has 22 heavy (non-hydrogen) atoms. The molecule has 5 nitrogen and oxygen atoms in total. The van der Waals surface area contributed by atoms with Crippen LogP contribution in [0.2, 0.25) is 0 Å². The number of fused-ring (bicyclic) bond motifs is 2. The Bertz CT molecular complexity index is 947. The molecule has 0 fully saturated rings. The Kier molecular flexibility index (Phi) is 3.72. The predicted octanol–water partition coefficient (Wildman–Crippen LogP) is 1.70. The lowest BCUT2D eigenvalue weighted by molar-refractivity contribution is 0.581. The Morgan fingerprint density at radius 1 is 0.955 bits per heavy atom. The molecule has 2 aromatic carbocycles. The van der Waals surface area contributed by atoms with E-state index in [4.69, 9.17) is 0 Å². The van der Waals surface area contributed by atoms with Gasteiger partial charge in [0, 0.05) is 23.9 Å². The van der Waals surface area contributed by atoms with Crippen LogP contribution in [0.25, 0.3) is 21.8 Å². The van der Waals surface area contributed by atoms with Crippen LogP contribution in [-0.2, 0) is 16.6 Å². The van der Waals surface area contributed by atoms with E-state index in [-0.39, 0.29) is 12.0 Å². The van der Waals surface area contributed by atoms with Gasteiger partial charge in [-0.05, 0) is 24.3 Å². The number of hydrogen-bond acceptors (Lipinski definition) is 3. The first-order valence-corrected chi connectivity index (χ1v) is 8.81. The van der Waals surface area contributed by atoms with E-state index in [9.17, 15) is 13.2 Å². The standard InChI is InChI=1S/C16H16N2O3S/c1-22(20,21)17-10-11-18-14-8-4-2-6-12(14)16(19)13-7-3-5-9-15(13)18/h2-9,17H,10-11H2,1H3. The molecule has 0 saturated carbocycles. The van der Waals surface area contributed by atoms with Gasteiger partial charge in [-0.25, -0.2) is 13.1 Å². The Hall–Kier alpha value is -2.18. The summed E-state index contributed by atoms with van der Waals surface area (Å²) in [7, 11) is -3.23. The average Bonchev–Trinajstić information content (AvgIpc) is 2.49. The third-order valence-corrected chi connectivity index (χ3v) is 4.31. The molecule has 3 rings (SSSR count). The molecule has 0 atom stereocenters. The van der Waals surface area contributed by atoms with E-state index in [2.05, 4.69) is 4.72 Å². The number of sulfonamides is 1. The summed E-state index contributed by atoms with van der Waals surface area (Å²) in [5.74, 6) is 0. The van der Waals surface area contributed by atoms with Crippen LogP contribution in [0.4, 0.5) is 0 Å². The fraction of sp³-hybridized carbons (Fsp3) is 0.188. The van der Waals surface area contributed by atoms with Gasteiger partial charge in [-0.15, -0.1) is 0 Å². The summed E-state index contributed by atoms with van der Waals surface area (Å²) < 4.78 is 26.9. The maximum atomic E-state index is 12.5. The van der Waals surface area contributed by atoms with Gasteiger partial charge in [0.25, 0.3) is 0 Å². The molecule has 0 bridgehead atoms. The van der Waals surface area contributed by atoms with Crippen LogP contribution in [0.1, 0.15) is 0 Å². The molecule has 0 spiro atoms. The first-order chi connectivity index (χ1) is 10.5. The van der Waals surface area contributed by atoms with E-state index in [1.54, 1.807) is 12.1 Å². The topological polar surface area (TPSA) is 68.2 Å². The molecule has 0 aliphatic rings. The number of rotatable bonds is 4. The SMILES string of the molecule is CS(=O)(=O)NCCn1c2ccccc2c(=O)c2ccccc21. The summed E-state index contributed by atoms with van der Waals surface area (Å²) in [5.41, 5.74) is 1.61. The van der Waals surface area contributed by atoms with Crippen LogP contribution in [-0.4, -0.2) is 25.8 Å². The van der Waals surface area contributed by atoms with E-state index in [0.29, 0.717) is 17.3 Å². The second kappa shape index (κ2) is 5.55. The summed E-state index contributed by atoms with van der Waals surface area (Å²) in [6, 6.07) is 14.8. The molecular weight excluding hydrogens is 300 g/mol. The summed E-state index contributed by atoms with van der Waals surface area (Å²) in [6.07, 6.45) is 1.13. The van der Waals surface area contributed by atoms with Gasteiger partial charge in [0.15, 0.2) is 5.43 Å². The van der Waals surface area contributed by atoms with Crippen molar-refractivity contribution < 1.29 is 8.42 Å². The lowest BCUT2D eigenvalue weighted by atomic mass is 10.1. The van der Waals surface area contributed by atoms with Crippen LogP contribution in [0.5, 0.6) is 0 Å². The normalized spacial score (nSPS) is 12.0. The highest BCUT2D eigenvalue weighted by Gasteiger charge is 2.10. The van der Waals surface area contributed by atoms with Gasteiger partial charge in [0.05, 0.1) is 17.3 Å². The molecule has 0 aliphatic heterocycles. The van der Waals surface area contributed by atoms with Crippen molar-refractivity contribution in [2.75, 3.05) is 12.8 Å². The molecule has 1 aromatic heterocycles. The van der Waals surface area contributed by atoms with E-state index >= 15 is 0 Å². The van der Waals surface area contributed by atoms with Crippen LogP contribution >= 0.6 is 0 Å². The number of hydrogen-bond donors (Lipinski definition) is 1. The van der Waals surface area contributed by atoms with Gasteiger partial charge >= 0.3 is 0 Å². The number of nitrogens with one attached hydrogen (secondary N) is 1. The van der Waals surface area contributed by atoms with Crippen molar-refractivity contribution in [1.82, 2.24) is 9.29 Å². The second-order valence-corrected chi connectivity index (χ2v) is 7.01. The summed E-state index contributed by atoms with van der Waals surface area (Å²) >= 11 is 0. The van der Waals surface area contributed by atoms with E-state index in [1.165, 1.54) is 0 Å². The van der Waals surface area contributed by atoms with Crippen molar-refractivity contribution in [3.8, 4) is 0 Å². The Morgan fingerprint density at radius 3 is 1.95 bits per heavy atom. The Labute approximate surface area is 128 Å². The minimum absolute atomic E-state index is 0.00137. The fourth-order valence-electron chi connectivity index (χ4n) is 2.66. The molecule has 0 saturated heterocycles. The minimum Gasteiger partial charge on any atom is -0.339 e. The largest absolute Gasteiger partial charge is 0.339 e. The van der Waals surface area contributed by atoms with E-state index in [1.807, 2.05) is 41.0 Å². The Morgan fingerprint density at radius 2 is 1.45 bits per heavy atom. The molecule has 0 radical (unpaired) electrons. The molecule has 0 unspecified atom stereocenters. The highest BCUT2D eigenvalue weighted by Crippen LogP contribution is 2.18. The number of aromatic nitrogens is 1. The first-order valence-electron chi connectivity index (χ1n) is 6.92. The zero-order chi connectivity index (χ0) is 15.7. The van der Waals surface area contributed by atoms with Gasteiger partial charge in [-0.2, -0.15) is 0 Å². The molecule has 3 aromatic rings. The molecule has 0 amide bonds. The zero-order valence-electron chi connectivity index (χ0n) is 12.1. The van der Waals surface area contributed by atoms with Gasteiger partial charge in [-0.1, -0.05) is 24.3 Å². The number of benzene rings is 2. The predicted molar refractivity (Wildman–Crippen MR) is 88.6 cm³/mol. The highest BCUT2D eigenvalue weighted by molar-refractivity contribution is 7.88. The van der Waals surface area contributed by atoms with Gasteiger partial charge in [0.1, 0.15) is 0 Å². The summed E-state index contributed by atoms with van der Waals surface area (Å²) in [4.78, 5) is 12.5. The summed E-state index contributed by atoms with van der Waals surface area (Å²) in [5, 5.41) is 1.28. The van der Waals surface area contributed by atoms with Crippen molar-refractivity contribution in [3.05, 3.63) is 58.8 Å². The van der Waals surface area contributed by atoms with Gasteiger partial charge < -0.3 is 4.57 Å². The maximum absolute atomic E-state index is 12.5. The van der Waals surface area contributed by atoms with Crippen molar-refractivity contribution in [1.29, 1.82) is 0 Å². The molecule has 1 N–H and O–H groups in total. The third kappa shape index (κ3) is 2.75. The average molecular weight is 316 g/mol. The lowest BCUT2D eigenvalue weighted by Crippen LogP contribution is -2.26. The monoisotopic (exact) mass is 316 g/mol. The smallest absolute Gasteiger partial charge is 0.208 e. The van der Waals surface area contributed by atoms with Crippen LogP contribution < -0.4 is 10.2 Å². The number of nitrogens with zero attached hydrogens (tertiary/aromatic N) is 1. The van der Waals surface area contributed by atoms with E-state index < -0.39 is 10.0 Å². The molecule has 6 heteroatoms. The van der Waals surface area contributed by atoms with Gasteiger partial charge in [0.2, 0.25) is 10.0 Å². The van der Waals surface area contributed by atoms with Crippen molar-refractivity contribution >= 4 is 31.8 Å². The number of para-hydroxylation sites is 2. The van der Waals surface area contributed by atoms with Crippen molar-refractivity contribution in [3.63, 3.8) is 0 Å². The lowest BCUT2D eigenvalue weighted by Gasteiger charge is -2.15. The fourth-order valence-corrected chi connectivity index (χ4v) is 3.12. The Balaban J connectivity index is 2.21. The van der Waals surface area contributed by atoms with Gasteiger partial charge in [-0.3, -0.25) is 4.79 Å². The quantitative estimate of drug-likeness (QED) is 0.745. The molecule has 0 aliphatic carbocycles. The number of pyridine rings is 1. The highest BCUT2D eigenvalue weighted by atomic mass is 32.2. The minimum atomic E-state index is -3.23. The second-order valence-electron chi connectivity index (χ2n) is 5.18. The van der Waals surface area contributed by atoms with Crippen LogP contribution in [0.3, 0.4) is 0 Å². The van der Waals surface area contributed by atoms with Crippen molar-refractivity contribution in [2.24, 2.45) is 0 Å². The maximum Gasteiger partial charge on any atom is 0.208 e. The third-order valence-electron chi connectivity index (χ3n) is 3.58.